The molecule has 0 amide bonds. The van der Waals surface area contributed by atoms with Gasteiger partial charge in [0.15, 0.2) is 36.2 Å². The van der Waals surface area contributed by atoms with Gasteiger partial charge in [0.1, 0.15) is 0 Å². The summed E-state index contributed by atoms with van der Waals surface area (Å²) in [6.45, 7) is 11.0. The SMILES string of the molecule is CCC(CC)C(c1ccc(N=Nc2c(C)c(-[n+]3ccccc3)cn(CCCN(C)C)c2=O)cc1)c1ccc(N=Nc2c(C)c(-[n+]3ccccc3)c(OC)n(CCCN(C)C)c2=O)cc1. The van der Waals surface area contributed by atoms with Crippen molar-refractivity contribution < 1.29 is 13.9 Å². The predicted molar refractivity (Wildman–Crippen MR) is 254 cm³/mol. The zero-order valence-corrected chi connectivity index (χ0v) is 39.0. The average molecular weight is 865 g/mol. The Labute approximate surface area is 377 Å². The van der Waals surface area contributed by atoms with Gasteiger partial charge < -0.3 is 19.1 Å². The Hall–Kier alpha value is -6.44. The molecule has 1 atom stereocenters. The Kier molecular flexibility index (Phi) is 16.4. The molecule has 0 aliphatic carbocycles. The number of benzene rings is 2. The highest BCUT2D eigenvalue weighted by Crippen LogP contribution is 2.38. The van der Waals surface area contributed by atoms with Crippen molar-refractivity contribution in [3.63, 3.8) is 0 Å². The molecule has 0 saturated heterocycles. The van der Waals surface area contributed by atoms with Crippen LogP contribution < -0.4 is 25.0 Å². The van der Waals surface area contributed by atoms with Crippen molar-refractivity contribution in [2.75, 3.05) is 48.4 Å². The number of aromatic nitrogens is 4. The topological polar surface area (TPSA) is 117 Å². The molecule has 6 rings (SSSR count). The second kappa shape index (κ2) is 22.3. The first kappa shape index (κ1) is 47.0. The van der Waals surface area contributed by atoms with Crippen molar-refractivity contribution in [3.05, 3.63) is 159 Å². The highest BCUT2D eigenvalue weighted by Gasteiger charge is 2.28. The van der Waals surface area contributed by atoms with Gasteiger partial charge in [0, 0.05) is 43.3 Å². The van der Waals surface area contributed by atoms with Crippen molar-refractivity contribution in [1.29, 1.82) is 0 Å². The van der Waals surface area contributed by atoms with Crippen LogP contribution in [0.25, 0.3) is 11.4 Å². The minimum absolute atomic E-state index is 0.117. The maximum Gasteiger partial charge on any atom is 0.281 e. The summed E-state index contributed by atoms with van der Waals surface area (Å²) in [5, 5.41) is 18.4. The molecule has 13 heteroatoms. The molecular weight excluding hydrogens is 801 g/mol. The number of pyridine rings is 4. The van der Waals surface area contributed by atoms with Gasteiger partial charge in [0.2, 0.25) is 5.69 Å². The average Bonchev–Trinajstić information content (AvgIpc) is 3.30. The van der Waals surface area contributed by atoms with E-state index in [9.17, 15) is 9.59 Å². The Balaban J connectivity index is 1.29. The summed E-state index contributed by atoms with van der Waals surface area (Å²) in [6.07, 6.45) is 13.3. The van der Waals surface area contributed by atoms with Crippen molar-refractivity contribution in [2.24, 2.45) is 26.4 Å². The van der Waals surface area contributed by atoms with Gasteiger partial charge in [-0.1, -0.05) is 63.1 Å². The van der Waals surface area contributed by atoms with Crippen molar-refractivity contribution in [1.82, 2.24) is 18.9 Å². The third kappa shape index (κ3) is 11.2. The largest absolute Gasteiger partial charge is 0.477 e. The minimum atomic E-state index is -0.243. The number of methoxy groups -OCH3 is 1. The summed E-state index contributed by atoms with van der Waals surface area (Å²) < 4.78 is 13.3. The molecule has 64 heavy (non-hydrogen) atoms. The number of rotatable bonds is 20. The summed E-state index contributed by atoms with van der Waals surface area (Å²) in [5.74, 6) is 0.989. The van der Waals surface area contributed by atoms with E-state index in [-0.39, 0.29) is 22.7 Å². The van der Waals surface area contributed by atoms with Crippen LogP contribution in [0.15, 0.2) is 146 Å². The molecule has 4 heterocycles. The van der Waals surface area contributed by atoms with E-state index in [1.54, 1.807) is 16.2 Å². The molecule has 1 unspecified atom stereocenters. The summed E-state index contributed by atoms with van der Waals surface area (Å²) in [7, 11) is 9.70. The Morgan fingerprint density at radius 2 is 1.11 bits per heavy atom. The third-order valence-electron chi connectivity index (χ3n) is 11.8. The second-order valence-corrected chi connectivity index (χ2v) is 16.8. The molecule has 0 aliphatic rings. The van der Waals surface area contributed by atoms with Gasteiger partial charge in [-0.25, -0.2) is 0 Å². The van der Waals surface area contributed by atoms with E-state index in [0.717, 1.165) is 61.3 Å². The van der Waals surface area contributed by atoms with Gasteiger partial charge in [0.25, 0.3) is 22.7 Å². The molecule has 0 aliphatic heterocycles. The van der Waals surface area contributed by atoms with Gasteiger partial charge in [-0.15, -0.1) is 10.2 Å². The summed E-state index contributed by atoms with van der Waals surface area (Å²) >= 11 is 0. The number of hydrogen-bond acceptors (Lipinski definition) is 9. The summed E-state index contributed by atoms with van der Waals surface area (Å²) in [4.78, 5) is 32.1. The van der Waals surface area contributed by atoms with Crippen LogP contribution >= 0.6 is 0 Å². The third-order valence-corrected chi connectivity index (χ3v) is 11.8. The molecule has 0 radical (unpaired) electrons. The lowest BCUT2D eigenvalue weighted by molar-refractivity contribution is -0.597. The van der Waals surface area contributed by atoms with Crippen LogP contribution in [0, 0.1) is 19.8 Å². The Morgan fingerprint density at radius 3 is 1.59 bits per heavy atom. The molecule has 13 nitrogen and oxygen atoms in total. The molecule has 0 spiro atoms. The number of aryl methyl sites for hydroxylation is 1. The van der Waals surface area contributed by atoms with Crippen LogP contribution in [-0.4, -0.2) is 67.3 Å². The molecule has 2 aromatic carbocycles. The maximum absolute atomic E-state index is 14.1. The fourth-order valence-corrected chi connectivity index (χ4v) is 8.30. The van der Waals surface area contributed by atoms with E-state index in [0.29, 0.717) is 47.5 Å². The first-order valence-electron chi connectivity index (χ1n) is 22.3. The van der Waals surface area contributed by atoms with E-state index in [1.807, 2.05) is 143 Å². The quantitative estimate of drug-likeness (QED) is 0.0560. The number of hydrogen-bond donors (Lipinski definition) is 0. The van der Waals surface area contributed by atoms with Crippen LogP contribution in [0.5, 0.6) is 5.88 Å². The van der Waals surface area contributed by atoms with Crippen LogP contribution in [0.1, 0.15) is 67.7 Å². The fraction of sp³-hybridized carbons (Fsp3) is 0.373. The number of nitrogens with zero attached hydrogens (tertiary/aromatic N) is 10. The van der Waals surface area contributed by atoms with Gasteiger partial charge in [-0.3, -0.25) is 14.2 Å². The summed E-state index contributed by atoms with van der Waals surface area (Å²) in [6, 6.07) is 28.1. The van der Waals surface area contributed by atoms with E-state index in [2.05, 4.69) is 68.4 Å². The monoisotopic (exact) mass is 865 g/mol. The van der Waals surface area contributed by atoms with Crippen LogP contribution in [0.2, 0.25) is 0 Å². The van der Waals surface area contributed by atoms with Crippen molar-refractivity contribution in [3.8, 4) is 17.3 Å². The zero-order chi connectivity index (χ0) is 45.8. The van der Waals surface area contributed by atoms with Crippen molar-refractivity contribution >= 4 is 22.7 Å². The normalized spacial score (nSPS) is 12.4. The molecular formula is C51H64N10O3+2. The molecule has 0 bridgehead atoms. The van der Waals surface area contributed by atoms with Gasteiger partial charge in [-0.2, -0.15) is 19.4 Å². The smallest absolute Gasteiger partial charge is 0.281 e. The Morgan fingerprint density at radius 1 is 0.625 bits per heavy atom. The summed E-state index contributed by atoms with van der Waals surface area (Å²) in [5.41, 5.74) is 6.93. The van der Waals surface area contributed by atoms with Crippen LogP contribution in [0.3, 0.4) is 0 Å². The first-order chi connectivity index (χ1) is 30.9. The van der Waals surface area contributed by atoms with Crippen LogP contribution in [0.4, 0.5) is 22.7 Å². The fourth-order valence-electron chi connectivity index (χ4n) is 8.30. The zero-order valence-electron chi connectivity index (χ0n) is 39.0. The van der Waals surface area contributed by atoms with E-state index >= 15 is 0 Å². The lowest BCUT2D eigenvalue weighted by atomic mass is 9.78. The van der Waals surface area contributed by atoms with E-state index in [4.69, 9.17) is 4.74 Å². The van der Waals surface area contributed by atoms with Crippen LogP contribution in [-0.2, 0) is 13.1 Å². The van der Waals surface area contributed by atoms with E-state index in [1.165, 1.54) is 5.56 Å². The highest BCUT2D eigenvalue weighted by atomic mass is 16.5. The number of ether oxygens (including phenoxy) is 1. The molecule has 4 aromatic heterocycles. The standard InChI is InChI=1S/C51H64N10O3/c1-10-39(11-2)45(40-20-24-42(25-21-40)52-54-46-37(3)44(58-30-14-12-15-31-58)36-60(49(46)62)34-18-28-56(5)6)41-22-26-43(27-23-41)53-55-47-38(4)48(59-32-16-13-17-33-59)51(64-9)61(50(47)63)35-19-29-57(7)8/h12-17,20-27,30-33,36,39,45H,10-11,18-19,28-29,34-35H2,1-9H3/q+2. The highest BCUT2D eigenvalue weighted by molar-refractivity contribution is 5.57. The lowest BCUT2D eigenvalue weighted by Gasteiger charge is -2.26. The molecule has 334 valence electrons. The predicted octanol–water partition coefficient (Wildman–Crippen LogP) is 9.49. The number of azo groups is 2. The minimum Gasteiger partial charge on any atom is -0.477 e. The van der Waals surface area contributed by atoms with Gasteiger partial charge in [0.05, 0.1) is 35.8 Å². The van der Waals surface area contributed by atoms with Gasteiger partial charge in [-0.05, 0) is 109 Å². The first-order valence-corrected chi connectivity index (χ1v) is 22.3. The molecule has 0 fully saturated rings. The second-order valence-electron chi connectivity index (χ2n) is 16.8. The lowest BCUT2D eigenvalue weighted by Crippen LogP contribution is -2.35. The Bertz CT molecular complexity index is 2630. The van der Waals surface area contributed by atoms with E-state index < -0.39 is 0 Å². The maximum atomic E-state index is 14.1. The molecule has 0 N–H and O–H groups in total. The van der Waals surface area contributed by atoms with Gasteiger partial charge >= 0.3 is 0 Å². The molecule has 0 saturated carbocycles. The van der Waals surface area contributed by atoms with Crippen molar-refractivity contribution in [2.45, 2.75) is 72.4 Å². The molecule has 6 aromatic rings.